The average Bonchev–Trinajstić information content (AvgIpc) is 2.62. The van der Waals surface area contributed by atoms with E-state index in [-0.39, 0.29) is 0 Å². The molecule has 0 unspecified atom stereocenters. The van der Waals surface area contributed by atoms with Crippen LogP contribution in [0.3, 0.4) is 0 Å². The first-order chi connectivity index (χ1) is 11.3. The molecule has 4 nitrogen and oxygen atoms in total. The highest BCUT2D eigenvalue weighted by Gasteiger charge is 2.12. The maximum atomic E-state index is 10.7. The minimum absolute atomic E-state index is 0.529. The quantitative estimate of drug-likeness (QED) is 0.769. The molecule has 0 amide bonds. The maximum Gasteiger partial charge on any atom is 0.150 e. The van der Waals surface area contributed by atoms with Crippen molar-refractivity contribution in [1.82, 2.24) is 4.90 Å². The van der Waals surface area contributed by atoms with Crippen LogP contribution in [0.1, 0.15) is 21.5 Å². The topological polar surface area (TPSA) is 38.8 Å². The number of rotatable bonds is 6. The highest BCUT2D eigenvalue weighted by Crippen LogP contribution is 2.17. The second kappa shape index (κ2) is 7.90. The third-order valence-electron chi connectivity index (χ3n) is 4.03. The zero-order valence-electron chi connectivity index (χ0n) is 13.1. The Morgan fingerprint density at radius 1 is 1.00 bits per heavy atom. The number of nitrogens with zero attached hydrogens (tertiary/aromatic N) is 1. The van der Waals surface area contributed by atoms with Gasteiger partial charge in [0.1, 0.15) is 18.6 Å². The fraction of sp³-hybridized carbons (Fsp3) is 0.316. The van der Waals surface area contributed by atoms with Crippen LogP contribution in [0, 0.1) is 0 Å². The lowest BCUT2D eigenvalue weighted by molar-refractivity contribution is 0.0339. The monoisotopic (exact) mass is 311 g/mol. The Hall–Kier alpha value is -2.17. The minimum Gasteiger partial charge on any atom is -0.489 e. The van der Waals surface area contributed by atoms with Gasteiger partial charge in [-0.3, -0.25) is 9.69 Å². The van der Waals surface area contributed by atoms with Crippen LogP contribution in [0.25, 0.3) is 0 Å². The molecule has 0 aromatic heterocycles. The smallest absolute Gasteiger partial charge is 0.150 e. The van der Waals surface area contributed by atoms with Crippen LogP contribution in [0.4, 0.5) is 0 Å². The van der Waals surface area contributed by atoms with Crippen molar-refractivity contribution in [2.45, 2.75) is 13.2 Å². The number of hydrogen-bond acceptors (Lipinski definition) is 4. The van der Waals surface area contributed by atoms with E-state index in [0.29, 0.717) is 12.2 Å². The van der Waals surface area contributed by atoms with Gasteiger partial charge in [0, 0.05) is 25.2 Å². The molecule has 120 valence electrons. The second-order valence-electron chi connectivity index (χ2n) is 5.63. The van der Waals surface area contributed by atoms with E-state index in [1.54, 1.807) is 12.1 Å². The normalized spacial score (nSPS) is 15.3. The van der Waals surface area contributed by atoms with Crippen molar-refractivity contribution in [3.8, 4) is 5.75 Å². The number of carbonyl (C=O) groups excluding carboxylic acids is 1. The summed E-state index contributed by atoms with van der Waals surface area (Å²) in [5, 5.41) is 0. The number of hydrogen-bond donors (Lipinski definition) is 0. The molecule has 0 bridgehead atoms. The first kappa shape index (κ1) is 15.7. The summed E-state index contributed by atoms with van der Waals surface area (Å²) in [7, 11) is 0. The van der Waals surface area contributed by atoms with Crippen molar-refractivity contribution in [2.24, 2.45) is 0 Å². The molecular weight excluding hydrogens is 290 g/mol. The maximum absolute atomic E-state index is 10.7. The van der Waals surface area contributed by atoms with Crippen molar-refractivity contribution < 1.29 is 14.3 Å². The molecule has 1 saturated heterocycles. The lowest BCUT2D eigenvalue weighted by atomic mass is 10.1. The summed E-state index contributed by atoms with van der Waals surface area (Å²) in [6.07, 6.45) is 0.835. The van der Waals surface area contributed by atoms with Crippen molar-refractivity contribution in [3.05, 3.63) is 65.2 Å². The molecule has 23 heavy (non-hydrogen) atoms. The van der Waals surface area contributed by atoms with Crippen LogP contribution in [0.2, 0.25) is 0 Å². The second-order valence-corrected chi connectivity index (χ2v) is 5.63. The van der Waals surface area contributed by atoms with Gasteiger partial charge in [-0.25, -0.2) is 0 Å². The summed E-state index contributed by atoms with van der Waals surface area (Å²) in [5.41, 5.74) is 3.14. The minimum atomic E-state index is 0.529. The molecule has 4 heteroatoms. The Morgan fingerprint density at radius 3 is 2.39 bits per heavy atom. The van der Waals surface area contributed by atoms with Crippen LogP contribution in [-0.4, -0.2) is 37.5 Å². The molecule has 3 rings (SSSR count). The van der Waals surface area contributed by atoms with Gasteiger partial charge in [-0.1, -0.05) is 24.3 Å². The van der Waals surface area contributed by atoms with Gasteiger partial charge in [0.05, 0.1) is 13.2 Å². The van der Waals surface area contributed by atoms with Gasteiger partial charge in [-0.2, -0.15) is 0 Å². The van der Waals surface area contributed by atoms with Gasteiger partial charge in [0.15, 0.2) is 0 Å². The summed E-state index contributed by atoms with van der Waals surface area (Å²) in [5.74, 6) is 0.775. The first-order valence-electron chi connectivity index (χ1n) is 7.90. The molecule has 0 atom stereocenters. The van der Waals surface area contributed by atoms with E-state index >= 15 is 0 Å². The Kier molecular flexibility index (Phi) is 5.40. The predicted molar refractivity (Wildman–Crippen MR) is 88.7 cm³/mol. The van der Waals surface area contributed by atoms with Crippen molar-refractivity contribution >= 4 is 6.29 Å². The summed E-state index contributed by atoms with van der Waals surface area (Å²) in [6, 6.07) is 15.6. The summed E-state index contributed by atoms with van der Waals surface area (Å²) in [6.45, 7) is 5.02. The highest BCUT2D eigenvalue weighted by atomic mass is 16.5. The van der Waals surface area contributed by atoms with E-state index in [1.807, 2.05) is 18.2 Å². The molecule has 1 aliphatic rings. The largest absolute Gasteiger partial charge is 0.489 e. The fourth-order valence-corrected chi connectivity index (χ4v) is 2.66. The molecule has 0 radical (unpaired) electrons. The van der Waals surface area contributed by atoms with Crippen LogP contribution >= 0.6 is 0 Å². The van der Waals surface area contributed by atoms with Crippen molar-refractivity contribution in [2.75, 3.05) is 26.3 Å². The van der Waals surface area contributed by atoms with Gasteiger partial charge in [-0.05, 0) is 35.4 Å². The molecule has 0 aliphatic carbocycles. The predicted octanol–water partition coefficient (Wildman–Crippen LogP) is 2.91. The Bertz CT molecular complexity index is 633. The standard InChI is InChI=1S/C19H21NO3/c21-14-16-5-7-19(8-6-16)23-15-18-4-2-1-3-17(18)13-20-9-11-22-12-10-20/h1-8,14H,9-13,15H2. The molecular formula is C19H21NO3. The zero-order valence-corrected chi connectivity index (χ0v) is 13.1. The molecule has 1 heterocycles. The van der Waals surface area contributed by atoms with Gasteiger partial charge in [0.2, 0.25) is 0 Å². The van der Waals surface area contributed by atoms with E-state index < -0.39 is 0 Å². The zero-order chi connectivity index (χ0) is 15.9. The van der Waals surface area contributed by atoms with Crippen LogP contribution < -0.4 is 4.74 Å². The van der Waals surface area contributed by atoms with Crippen LogP contribution in [0.15, 0.2) is 48.5 Å². The Morgan fingerprint density at radius 2 is 1.70 bits per heavy atom. The molecule has 2 aromatic rings. The lowest BCUT2D eigenvalue weighted by Gasteiger charge is -2.27. The Balaban J connectivity index is 1.63. The van der Waals surface area contributed by atoms with Gasteiger partial charge in [0.25, 0.3) is 0 Å². The number of carbonyl (C=O) groups is 1. The summed E-state index contributed by atoms with van der Waals surface area (Å²) < 4.78 is 11.3. The van der Waals surface area contributed by atoms with Crippen LogP contribution in [-0.2, 0) is 17.9 Å². The van der Waals surface area contributed by atoms with E-state index in [2.05, 4.69) is 23.1 Å². The molecule has 0 saturated carbocycles. The van der Waals surface area contributed by atoms with Gasteiger partial charge in [-0.15, -0.1) is 0 Å². The van der Waals surface area contributed by atoms with Gasteiger partial charge < -0.3 is 9.47 Å². The van der Waals surface area contributed by atoms with Crippen molar-refractivity contribution in [3.63, 3.8) is 0 Å². The molecule has 0 N–H and O–H groups in total. The summed E-state index contributed by atoms with van der Waals surface area (Å²) in [4.78, 5) is 13.1. The van der Waals surface area contributed by atoms with E-state index in [9.17, 15) is 4.79 Å². The third-order valence-corrected chi connectivity index (χ3v) is 4.03. The molecule has 0 spiro atoms. The number of morpholine rings is 1. The third kappa shape index (κ3) is 4.41. The number of benzene rings is 2. The number of aldehydes is 1. The van der Waals surface area contributed by atoms with E-state index in [0.717, 1.165) is 44.9 Å². The van der Waals surface area contributed by atoms with E-state index in [4.69, 9.17) is 9.47 Å². The van der Waals surface area contributed by atoms with Crippen LogP contribution in [0.5, 0.6) is 5.75 Å². The molecule has 1 fully saturated rings. The Labute approximate surface area is 136 Å². The lowest BCUT2D eigenvalue weighted by Crippen LogP contribution is -2.35. The van der Waals surface area contributed by atoms with Gasteiger partial charge >= 0.3 is 0 Å². The number of ether oxygens (including phenoxy) is 2. The van der Waals surface area contributed by atoms with E-state index in [1.165, 1.54) is 11.1 Å². The highest BCUT2D eigenvalue weighted by molar-refractivity contribution is 5.74. The first-order valence-corrected chi connectivity index (χ1v) is 7.90. The fourth-order valence-electron chi connectivity index (χ4n) is 2.66. The molecule has 1 aliphatic heterocycles. The average molecular weight is 311 g/mol. The summed E-state index contributed by atoms with van der Waals surface area (Å²) >= 11 is 0. The SMILES string of the molecule is O=Cc1ccc(OCc2ccccc2CN2CCOCC2)cc1. The molecule has 2 aromatic carbocycles. The van der Waals surface area contributed by atoms with Crippen molar-refractivity contribution in [1.29, 1.82) is 0 Å².